The number of carbonyl (C=O) groups excluding carboxylic acids is 1. The summed E-state index contributed by atoms with van der Waals surface area (Å²) in [6.07, 6.45) is 1.92. The van der Waals surface area contributed by atoms with Crippen molar-refractivity contribution in [1.82, 2.24) is 4.98 Å². The Morgan fingerprint density at radius 1 is 1.61 bits per heavy atom. The van der Waals surface area contributed by atoms with Crippen LogP contribution in [-0.2, 0) is 4.74 Å². The van der Waals surface area contributed by atoms with Crippen LogP contribution in [-0.4, -0.2) is 22.0 Å². The van der Waals surface area contributed by atoms with E-state index in [1.807, 2.05) is 20.8 Å². The first-order valence-electron chi connectivity index (χ1n) is 5.41. The third-order valence-corrected chi connectivity index (χ3v) is 2.77. The molecule has 1 N–H and O–H groups in total. The van der Waals surface area contributed by atoms with Gasteiger partial charge in [0.15, 0.2) is 5.13 Å². The molecule has 0 radical (unpaired) electrons. The molecule has 1 heterocycles. The topological polar surface area (TPSA) is 51.2 Å². The smallest absolute Gasteiger partial charge is 0.413 e. The molecule has 0 saturated heterocycles. The van der Waals surface area contributed by atoms with E-state index in [1.165, 1.54) is 11.3 Å². The third-order valence-electron chi connectivity index (χ3n) is 1.54. The Balaban J connectivity index is 2.55. The highest BCUT2D eigenvalue weighted by Gasteiger charge is 2.16. The van der Waals surface area contributed by atoms with Gasteiger partial charge in [-0.2, -0.15) is 0 Å². The van der Waals surface area contributed by atoms with Crippen LogP contribution < -0.4 is 5.32 Å². The largest absolute Gasteiger partial charge is 0.444 e. The molecular weight excluding hydrogens is 316 g/mol. The van der Waals surface area contributed by atoms with Crippen molar-refractivity contribution < 1.29 is 9.53 Å². The maximum Gasteiger partial charge on any atom is 0.413 e. The molecule has 0 bridgehead atoms. The van der Waals surface area contributed by atoms with Gasteiger partial charge in [0.2, 0.25) is 0 Å². The standard InChI is InChI=1S/C12H15BrN2O2S/c1-12(2,3)17-11(16)15-10-14-8-9(18-10)6-4-5-7-13/h8H,5,7H2,1-3H3,(H,14,15,16). The molecule has 1 amide bonds. The molecule has 4 nitrogen and oxygen atoms in total. The van der Waals surface area contributed by atoms with E-state index < -0.39 is 11.7 Å². The second-order valence-electron chi connectivity index (χ2n) is 4.40. The lowest BCUT2D eigenvalue weighted by Crippen LogP contribution is -2.27. The molecule has 0 aromatic carbocycles. The Labute approximate surface area is 119 Å². The zero-order chi connectivity index (χ0) is 13.6. The minimum absolute atomic E-state index is 0.493. The number of ether oxygens (including phenoxy) is 1. The molecule has 0 aliphatic heterocycles. The number of rotatable bonds is 2. The maximum absolute atomic E-state index is 11.5. The van der Waals surface area contributed by atoms with Gasteiger partial charge < -0.3 is 4.74 Å². The Kier molecular flexibility index (Phi) is 5.63. The summed E-state index contributed by atoms with van der Waals surface area (Å²) >= 11 is 4.63. The van der Waals surface area contributed by atoms with Crippen LogP contribution in [0, 0.1) is 11.8 Å². The van der Waals surface area contributed by atoms with Crippen LogP contribution in [0.15, 0.2) is 6.20 Å². The normalized spacial score (nSPS) is 10.4. The molecule has 98 valence electrons. The molecule has 0 aliphatic rings. The van der Waals surface area contributed by atoms with Crippen LogP contribution >= 0.6 is 27.3 Å². The van der Waals surface area contributed by atoms with E-state index in [4.69, 9.17) is 4.74 Å². The Bertz CT molecular complexity index is 468. The van der Waals surface area contributed by atoms with Crippen molar-refractivity contribution in [2.45, 2.75) is 32.8 Å². The summed E-state index contributed by atoms with van der Waals surface area (Å²) in [4.78, 5) is 16.4. The summed E-state index contributed by atoms with van der Waals surface area (Å²) in [7, 11) is 0. The van der Waals surface area contributed by atoms with Gasteiger partial charge in [0.05, 0.1) is 11.1 Å². The Morgan fingerprint density at radius 3 is 2.94 bits per heavy atom. The zero-order valence-electron chi connectivity index (χ0n) is 10.5. The monoisotopic (exact) mass is 330 g/mol. The molecule has 0 aliphatic carbocycles. The van der Waals surface area contributed by atoms with Gasteiger partial charge in [-0.15, -0.1) is 0 Å². The SMILES string of the molecule is CC(C)(C)OC(=O)Nc1ncc(C#CCCBr)s1. The van der Waals surface area contributed by atoms with Crippen molar-refractivity contribution in [1.29, 1.82) is 0 Å². The average molecular weight is 331 g/mol. The minimum atomic E-state index is -0.514. The van der Waals surface area contributed by atoms with E-state index in [-0.39, 0.29) is 0 Å². The lowest BCUT2D eigenvalue weighted by Gasteiger charge is -2.18. The lowest BCUT2D eigenvalue weighted by molar-refractivity contribution is 0.0636. The van der Waals surface area contributed by atoms with Crippen LogP contribution in [0.4, 0.5) is 9.93 Å². The van der Waals surface area contributed by atoms with Crippen LogP contribution in [0.2, 0.25) is 0 Å². The maximum atomic E-state index is 11.5. The van der Waals surface area contributed by atoms with E-state index in [1.54, 1.807) is 6.20 Å². The molecular formula is C12H15BrN2O2S. The fraction of sp³-hybridized carbons (Fsp3) is 0.500. The summed E-state index contributed by atoms with van der Waals surface area (Å²) < 4.78 is 5.12. The first-order chi connectivity index (χ1) is 8.40. The lowest BCUT2D eigenvalue weighted by atomic mass is 10.2. The molecule has 0 atom stereocenters. The third kappa shape index (κ3) is 6.03. The number of amides is 1. The fourth-order valence-corrected chi connectivity index (χ4v) is 1.85. The van der Waals surface area contributed by atoms with E-state index in [2.05, 4.69) is 38.1 Å². The number of nitrogens with one attached hydrogen (secondary N) is 1. The van der Waals surface area contributed by atoms with Crippen molar-refractivity contribution in [2.75, 3.05) is 10.6 Å². The van der Waals surface area contributed by atoms with Crippen LogP contribution in [0.3, 0.4) is 0 Å². The highest BCUT2D eigenvalue weighted by molar-refractivity contribution is 9.09. The number of alkyl halides is 1. The second kappa shape index (κ2) is 6.76. The first kappa shape index (κ1) is 15.0. The van der Waals surface area contributed by atoms with Crippen molar-refractivity contribution in [3.05, 3.63) is 11.1 Å². The van der Waals surface area contributed by atoms with Crippen molar-refractivity contribution in [3.63, 3.8) is 0 Å². The van der Waals surface area contributed by atoms with Gasteiger partial charge in [0, 0.05) is 11.8 Å². The number of carbonyl (C=O) groups is 1. The summed E-state index contributed by atoms with van der Waals surface area (Å²) in [5, 5.41) is 3.92. The predicted molar refractivity (Wildman–Crippen MR) is 77.3 cm³/mol. The predicted octanol–water partition coefficient (Wildman–Crippen LogP) is 3.63. The van der Waals surface area contributed by atoms with Gasteiger partial charge in [-0.25, -0.2) is 9.78 Å². The van der Waals surface area contributed by atoms with Crippen molar-refractivity contribution in [3.8, 4) is 11.8 Å². The van der Waals surface area contributed by atoms with Crippen LogP contribution in [0.1, 0.15) is 32.1 Å². The van der Waals surface area contributed by atoms with Crippen molar-refractivity contribution >= 4 is 38.5 Å². The van der Waals surface area contributed by atoms with Gasteiger partial charge in [-0.05, 0) is 20.8 Å². The van der Waals surface area contributed by atoms with Crippen LogP contribution in [0.5, 0.6) is 0 Å². The fourth-order valence-electron chi connectivity index (χ4n) is 0.977. The van der Waals surface area contributed by atoms with E-state index in [9.17, 15) is 4.79 Å². The summed E-state index contributed by atoms with van der Waals surface area (Å²) in [6.45, 7) is 5.43. The molecule has 1 rings (SSSR count). The molecule has 1 aromatic rings. The van der Waals surface area contributed by atoms with Gasteiger partial charge in [-0.1, -0.05) is 39.1 Å². The quantitative estimate of drug-likeness (QED) is 0.665. The van der Waals surface area contributed by atoms with Gasteiger partial charge >= 0.3 is 6.09 Å². The number of thiazole rings is 1. The number of hydrogen-bond acceptors (Lipinski definition) is 4. The minimum Gasteiger partial charge on any atom is -0.444 e. The number of hydrogen-bond donors (Lipinski definition) is 1. The summed E-state index contributed by atoms with van der Waals surface area (Å²) in [5.74, 6) is 5.96. The molecule has 1 aromatic heterocycles. The highest BCUT2D eigenvalue weighted by atomic mass is 79.9. The van der Waals surface area contributed by atoms with Gasteiger partial charge in [0.25, 0.3) is 0 Å². The number of halogens is 1. The number of anilines is 1. The van der Waals surface area contributed by atoms with Crippen molar-refractivity contribution in [2.24, 2.45) is 0 Å². The summed E-state index contributed by atoms with van der Waals surface area (Å²) in [5.41, 5.74) is -0.514. The molecule has 6 heteroatoms. The van der Waals surface area contributed by atoms with E-state index >= 15 is 0 Å². The molecule has 0 unspecified atom stereocenters. The number of aromatic nitrogens is 1. The van der Waals surface area contributed by atoms with Crippen LogP contribution in [0.25, 0.3) is 0 Å². The molecule has 0 saturated carbocycles. The Hall–Kier alpha value is -1.06. The van der Waals surface area contributed by atoms with E-state index in [0.29, 0.717) is 5.13 Å². The molecule has 0 spiro atoms. The molecule has 0 fully saturated rings. The first-order valence-corrected chi connectivity index (χ1v) is 7.35. The highest BCUT2D eigenvalue weighted by Crippen LogP contribution is 2.18. The second-order valence-corrected chi connectivity index (χ2v) is 6.22. The van der Waals surface area contributed by atoms with Gasteiger partial charge in [0.1, 0.15) is 5.60 Å². The van der Waals surface area contributed by atoms with E-state index in [0.717, 1.165) is 16.6 Å². The summed E-state index contributed by atoms with van der Waals surface area (Å²) in [6, 6.07) is 0. The Morgan fingerprint density at radius 2 is 2.33 bits per heavy atom. The average Bonchev–Trinajstić information content (AvgIpc) is 2.63. The number of nitrogens with zero attached hydrogens (tertiary/aromatic N) is 1. The molecule has 18 heavy (non-hydrogen) atoms. The van der Waals surface area contributed by atoms with Gasteiger partial charge in [-0.3, -0.25) is 5.32 Å². The zero-order valence-corrected chi connectivity index (χ0v) is 12.9.